The predicted octanol–water partition coefficient (Wildman–Crippen LogP) is 6.37. The zero-order valence-corrected chi connectivity index (χ0v) is 26.3. The van der Waals surface area contributed by atoms with Gasteiger partial charge in [-0.05, 0) is 72.5 Å². The highest BCUT2D eigenvalue weighted by Crippen LogP contribution is 2.26. The normalized spacial score (nSPS) is 14.1. The van der Waals surface area contributed by atoms with Gasteiger partial charge in [-0.25, -0.2) is 12.8 Å². The second kappa shape index (κ2) is 14.7. The van der Waals surface area contributed by atoms with E-state index in [1.807, 2.05) is 36.4 Å². The summed E-state index contributed by atoms with van der Waals surface area (Å²) in [6, 6.07) is 28.2. The SMILES string of the molecule is O=C(NC1CCCC1)[C@@H](Cc1ccccc1)N(Cc1cccc(Cl)c1)C(=O)CN(c1ccccc1)S(=O)(=O)c1ccc(F)cc1. The number of rotatable bonds is 12. The molecule has 4 aromatic carbocycles. The maximum absolute atomic E-state index is 14.5. The first-order valence-electron chi connectivity index (χ1n) is 14.9. The molecule has 1 atom stereocenters. The molecule has 0 saturated heterocycles. The molecule has 5 rings (SSSR count). The number of amides is 2. The quantitative estimate of drug-likeness (QED) is 0.194. The summed E-state index contributed by atoms with van der Waals surface area (Å²) < 4.78 is 42.7. The van der Waals surface area contributed by atoms with E-state index in [9.17, 15) is 22.4 Å². The molecule has 1 fully saturated rings. The summed E-state index contributed by atoms with van der Waals surface area (Å²) in [7, 11) is -4.31. The van der Waals surface area contributed by atoms with Crippen molar-refractivity contribution < 1.29 is 22.4 Å². The Hall–Kier alpha value is -4.21. The fourth-order valence-corrected chi connectivity index (χ4v) is 7.24. The van der Waals surface area contributed by atoms with E-state index in [0.717, 1.165) is 47.7 Å². The Morgan fingerprint density at radius 3 is 2.11 bits per heavy atom. The van der Waals surface area contributed by atoms with Crippen LogP contribution in [0.2, 0.25) is 5.02 Å². The predicted molar refractivity (Wildman–Crippen MR) is 174 cm³/mol. The Labute approximate surface area is 268 Å². The molecular formula is C35H35ClFN3O4S. The van der Waals surface area contributed by atoms with Crippen LogP contribution in [-0.2, 0) is 32.6 Å². The lowest BCUT2D eigenvalue weighted by molar-refractivity contribution is -0.140. The fraction of sp³-hybridized carbons (Fsp3) is 0.257. The number of carbonyl (C=O) groups is 2. The van der Waals surface area contributed by atoms with Gasteiger partial charge in [0.1, 0.15) is 18.4 Å². The maximum atomic E-state index is 14.5. The summed E-state index contributed by atoms with van der Waals surface area (Å²) in [5.74, 6) is -1.46. The van der Waals surface area contributed by atoms with Crippen LogP contribution in [0.15, 0.2) is 114 Å². The van der Waals surface area contributed by atoms with Crippen LogP contribution in [0.3, 0.4) is 0 Å². The molecule has 234 valence electrons. The molecule has 10 heteroatoms. The molecule has 45 heavy (non-hydrogen) atoms. The van der Waals surface area contributed by atoms with Crippen molar-refractivity contribution in [1.29, 1.82) is 0 Å². The monoisotopic (exact) mass is 647 g/mol. The molecule has 1 N–H and O–H groups in total. The average Bonchev–Trinajstić information content (AvgIpc) is 3.55. The molecule has 1 aliphatic rings. The Morgan fingerprint density at radius 1 is 0.844 bits per heavy atom. The van der Waals surface area contributed by atoms with E-state index in [-0.39, 0.29) is 35.5 Å². The number of benzene rings is 4. The number of hydrogen-bond donors (Lipinski definition) is 1. The van der Waals surface area contributed by atoms with Gasteiger partial charge in [-0.1, -0.05) is 85.1 Å². The minimum absolute atomic E-state index is 0.0126. The van der Waals surface area contributed by atoms with Crippen molar-refractivity contribution in [2.45, 2.75) is 55.6 Å². The number of halogens is 2. The van der Waals surface area contributed by atoms with Crippen LogP contribution in [0.1, 0.15) is 36.8 Å². The Balaban J connectivity index is 1.55. The van der Waals surface area contributed by atoms with E-state index in [2.05, 4.69) is 5.32 Å². The van der Waals surface area contributed by atoms with Gasteiger partial charge in [0.15, 0.2) is 0 Å². The van der Waals surface area contributed by atoms with Crippen LogP contribution in [0, 0.1) is 5.82 Å². The van der Waals surface area contributed by atoms with Gasteiger partial charge in [0.05, 0.1) is 10.6 Å². The second-order valence-electron chi connectivity index (χ2n) is 11.1. The molecule has 0 aromatic heterocycles. The fourth-order valence-electron chi connectivity index (χ4n) is 5.61. The van der Waals surface area contributed by atoms with Gasteiger partial charge in [0, 0.05) is 24.0 Å². The molecule has 4 aromatic rings. The number of anilines is 1. The van der Waals surface area contributed by atoms with Gasteiger partial charge in [-0.3, -0.25) is 13.9 Å². The van der Waals surface area contributed by atoms with E-state index in [0.29, 0.717) is 10.6 Å². The van der Waals surface area contributed by atoms with Crippen LogP contribution in [0.5, 0.6) is 0 Å². The van der Waals surface area contributed by atoms with Crippen molar-refractivity contribution in [3.05, 3.63) is 131 Å². The summed E-state index contributed by atoms with van der Waals surface area (Å²) >= 11 is 6.30. The minimum atomic E-state index is -4.31. The molecule has 0 unspecified atom stereocenters. The van der Waals surface area contributed by atoms with Crippen LogP contribution in [-0.4, -0.2) is 43.8 Å². The van der Waals surface area contributed by atoms with Crippen LogP contribution in [0.25, 0.3) is 0 Å². The number of nitrogens with one attached hydrogen (secondary N) is 1. The van der Waals surface area contributed by atoms with Crippen molar-refractivity contribution in [1.82, 2.24) is 10.2 Å². The molecular weight excluding hydrogens is 613 g/mol. The van der Waals surface area contributed by atoms with Crippen molar-refractivity contribution >= 4 is 39.1 Å². The van der Waals surface area contributed by atoms with E-state index in [4.69, 9.17) is 11.6 Å². The molecule has 0 heterocycles. The summed E-state index contributed by atoms with van der Waals surface area (Å²) in [5.41, 5.74) is 1.80. The molecule has 0 bridgehead atoms. The van der Waals surface area contributed by atoms with Crippen molar-refractivity contribution in [2.75, 3.05) is 10.8 Å². The smallest absolute Gasteiger partial charge is 0.264 e. The van der Waals surface area contributed by atoms with E-state index in [1.54, 1.807) is 48.5 Å². The maximum Gasteiger partial charge on any atom is 0.264 e. The first kappa shape index (κ1) is 32.2. The lowest BCUT2D eigenvalue weighted by Gasteiger charge is -2.34. The molecule has 1 aliphatic carbocycles. The zero-order chi connectivity index (χ0) is 31.8. The van der Waals surface area contributed by atoms with E-state index >= 15 is 0 Å². The largest absolute Gasteiger partial charge is 0.352 e. The molecule has 1 saturated carbocycles. The van der Waals surface area contributed by atoms with Gasteiger partial charge in [-0.15, -0.1) is 0 Å². The lowest BCUT2D eigenvalue weighted by atomic mass is 10.0. The van der Waals surface area contributed by atoms with E-state index in [1.165, 1.54) is 17.0 Å². The topological polar surface area (TPSA) is 86.8 Å². The van der Waals surface area contributed by atoms with Crippen LogP contribution < -0.4 is 9.62 Å². The molecule has 7 nitrogen and oxygen atoms in total. The van der Waals surface area contributed by atoms with Crippen molar-refractivity contribution in [3.8, 4) is 0 Å². The van der Waals surface area contributed by atoms with E-state index < -0.39 is 34.3 Å². The Kier molecular flexibility index (Phi) is 10.5. The first-order valence-corrected chi connectivity index (χ1v) is 16.7. The van der Waals surface area contributed by atoms with Gasteiger partial charge in [-0.2, -0.15) is 0 Å². The number of para-hydroxylation sites is 1. The number of sulfonamides is 1. The van der Waals surface area contributed by atoms with Crippen LogP contribution in [0.4, 0.5) is 10.1 Å². The summed E-state index contributed by atoms with van der Waals surface area (Å²) in [4.78, 5) is 29.8. The highest BCUT2D eigenvalue weighted by Gasteiger charge is 2.35. The summed E-state index contributed by atoms with van der Waals surface area (Å²) in [6.07, 6.45) is 3.99. The Bertz CT molecular complexity index is 1700. The molecule has 0 aliphatic heterocycles. The zero-order valence-electron chi connectivity index (χ0n) is 24.7. The number of nitrogens with zero attached hydrogens (tertiary/aromatic N) is 2. The van der Waals surface area contributed by atoms with Gasteiger partial charge in [0.2, 0.25) is 11.8 Å². The third kappa shape index (κ3) is 8.29. The van der Waals surface area contributed by atoms with Crippen LogP contribution >= 0.6 is 11.6 Å². The average molecular weight is 648 g/mol. The van der Waals surface area contributed by atoms with Gasteiger partial charge in [0.25, 0.3) is 10.0 Å². The van der Waals surface area contributed by atoms with Gasteiger partial charge < -0.3 is 10.2 Å². The highest BCUT2D eigenvalue weighted by molar-refractivity contribution is 7.92. The summed E-state index contributed by atoms with van der Waals surface area (Å²) in [5, 5.41) is 3.62. The first-order chi connectivity index (χ1) is 21.7. The number of hydrogen-bond acceptors (Lipinski definition) is 4. The molecule has 0 radical (unpaired) electrons. The van der Waals surface area contributed by atoms with Crippen molar-refractivity contribution in [2.24, 2.45) is 0 Å². The second-order valence-corrected chi connectivity index (χ2v) is 13.4. The van der Waals surface area contributed by atoms with Crippen molar-refractivity contribution in [3.63, 3.8) is 0 Å². The standard InChI is InChI=1S/C35H35ClFN3O4S/c36-28-13-9-12-27(22-28)24-39(33(23-26-10-3-1-4-11-26)35(42)38-30-14-7-8-15-30)34(41)25-40(31-16-5-2-6-17-31)45(43,44)32-20-18-29(37)19-21-32/h1-6,9-13,16-22,30,33H,7-8,14-15,23-25H2,(H,38,42)/t33-/m1/s1. The molecule has 0 spiro atoms. The van der Waals surface area contributed by atoms with Gasteiger partial charge >= 0.3 is 0 Å². The third-order valence-corrected chi connectivity index (χ3v) is 9.96. The Morgan fingerprint density at radius 2 is 1.47 bits per heavy atom. The lowest BCUT2D eigenvalue weighted by Crippen LogP contribution is -2.54. The minimum Gasteiger partial charge on any atom is -0.352 e. The molecule has 2 amide bonds. The highest BCUT2D eigenvalue weighted by atomic mass is 35.5. The summed E-state index contributed by atoms with van der Waals surface area (Å²) in [6.45, 7) is -0.569. The third-order valence-electron chi connectivity index (χ3n) is 7.94. The number of carbonyl (C=O) groups excluding carboxylic acids is 2.